The van der Waals surface area contributed by atoms with Crippen molar-refractivity contribution in [3.8, 4) is 5.75 Å². The van der Waals surface area contributed by atoms with Crippen LogP contribution in [0.1, 0.15) is 18.1 Å². The van der Waals surface area contributed by atoms with Gasteiger partial charge in [-0.2, -0.15) is 0 Å². The van der Waals surface area contributed by atoms with Crippen LogP contribution in [0.25, 0.3) is 6.08 Å². The monoisotopic (exact) mass is 148 g/mol. The lowest BCUT2D eigenvalue weighted by Crippen LogP contribution is -1.76. The Morgan fingerprint density at radius 3 is 2.73 bits per heavy atom. The third-order valence-electron chi connectivity index (χ3n) is 1.53. The first-order valence-corrected chi connectivity index (χ1v) is 3.66. The number of allylic oxidation sites excluding steroid dienone is 1. The third-order valence-corrected chi connectivity index (χ3v) is 1.53. The normalized spacial score (nSPS) is 10.7. The average molecular weight is 148 g/mol. The topological polar surface area (TPSA) is 20.2 Å². The number of rotatable bonds is 1. The smallest absolute Gasteiger partial charge is 0.122 e. The van der Waals surface area contributed by atoms with Crippen molar-refractivity contribution in [3.05, 3.63) is 35.4 Å². The fourth-order valence-corrected chi connectivity index (χ4v) is 0.987. The van der Waals surface area contributed by atoms with Crippen molar-refractivity contribution in [1.29, 1.82) is 0 Å². The van der Waals surface area contributed by atoms with Crippen LogP contribution >= 0.6 is 0 Å². The van der Waals surface area contributed by atoms with Crippen molar-refractivity contribution in [2.45, 2.75) is 13.8 Å². The zero-order valence-electron chi connectivity index (χ0n) is 6.83. The van der Waals surface area contributed by atoms with Crippen LogP contribution in [0.5, 0.6) is 5.75 Å². The Balaban J connectivity index is 3.12. The molecule has 0 unspecified atom stereocenters. The lowest BCUT2D eigenvalue weighted by Gasteiger charge is -1.99. The first-order chi connectivity index (χ1) is 5.24. The molecule has 11 heavy (non-hydrogen) atoms. The summed E-state index contributed by atoms with van der Waals surface area (Å²) in [6.45, 7) is 3.94. The van der Waals surface area contributed by atoms with E-state index in [0.29, 0.717) is 5.75 Å². The Labute approximate surface area is 67.0 Å². The zero-order valence-corrected chi connectivity index (χ0v) is 6.83. The number of benzene rings is 1. The van der Waals surface area contributed by atoms with E-state index in [1.54, 1.807) is 6.07 Å². The fraction of sp³-hybridized carbons (Fsp3) is 0.200. The highest BCUT2D eigenvalue weighted by atomic mass is 16.3. The van der Waals surface area contributed by atoms with Gasteiger partial charge in [-0.05, 0) is 26.0 Å². The molecule has 0 heterocycles. The Morgan fingerprint density at radius 2 is 2.09 bits per heavy atom. The van der Waals surface area contributed by atoms with E-state index in [0.717, 1.165) is 11.1 Å². The SMILES string of the molecule is C/C=C/c1cc(C)ccc1O. The van der Waals surface area contributed by atoms with Gasteiger partial charge in [-0.1, -0.05) is 23.8 Å². The molecule has 1 aromatic carbocycles. The van der Waals surface area contributed by atoms with Crippen molar-refractivity contribution >= 4 is 6.08 Å². The van der Waals surface area contributed by atoms with E-state index in [1.165, 1.54) is 0 Å². The summed E-state index contributed by atoms with van der Waals surface area (Å²) >= 11 is 0. The molecule has 0 aliphatic rings. The minimum Gasteiger partial charge on any atom is -0.507 e. The van der Waals surface area contributed by atoms with E-state index in [1.807, 2.05) is 38.1 Å². The van der Waals surface area contributed by atoms with Crippen molar-refractivity contribution < 1.29 is 5.11 Å². The Morgan fingerprint density at radius 1 is 1.36 bits per heavy atom. The van der Waals surface area contributed by atoms with Gasteiger partial charge in [-0.3, -0.25) is 0 Å². The summed E-state index contributed by atoms with van der Waals surface area (Å²) in [6, 6.07) is 5.56. The second-order valence-corrected chi connectivity index (χ2v) is 2.56. The largest absolute Gasteiger partial charge is 0.507 e. The summed E-state index contributed by atoms with van der Waals surface area (Å²) in [6.07, 6.45) is 3.80. The summed E-state index contributed by atoms with van der Waals surface area (Å²) in [4.78, 5) is 0. The van der Waals surface area contributed by atoms with Gasteiger partial charge >= 0.3 is 0 Å². The summed E-state index contributed by atoms with van der Waals surface area (Å²) < 4.78 is 0. The second-order valence-electron chi connectivity index (χ2n) is 2.56. The molecule has 0 spiro atoms. The van der Waals surface area contributed by atoms with Gasteiger partial charge in [-0.25, -0.2) is 0 Å². The molecule has 0 saturated heterocycles. The van der Waals surface area contributed by atoms with E-state index in [9.17, 15) is 5.11 Å². The van der Waals surface area contributed by atoms with Gasteiger partial charge in [-0.15, -0.1) is 0 Å². The predicted molar refractivity (Wildman–Crippen MR) is 47.6 cm³/mol. The molecule has 0 radical (unpaired) electrons. The van der Waals surface area contributed by atoms with Crippen molar-refractivity contribution in [1.82, 2.24) is 0 Å². The highest BCUT2D eigenvalue weighted by Gasteiger charge is 1.94. The number of phenolic OH excluding ortho intramolecular Hbond substituents is 1. The number of phenols is 1. The van der Waals surface area contributed by atoms with E-state index >= 15 is 0 Å². The van der Waals surface area contributed by atoms with Crippen molar-refractivity contribution in [3.63, 3.8) is 0 Å². The highest BCUT2D eigenvalue weighted by Crippen LogP contribution is 2.19. The number of hydrogen-bond acceptors (Lipinski definition) is 1. The lowest BCUT2D eigenvalue weighted by atomic mass is 10.1. The molecule has 0 amide bonds. The van der Waals surface area contributed by atoms with Crippen LogP contribution in [0, 0.1) is 6.92 Å². The molecule has 58 valence electrons. The average Bonchev–Trinajstić information content (AvgIpc) is 1.98. The molecule has 0 aliphatic heterocycles. The predicted octanol–water partition coefficient (Wildman–Crippen LogP) is 2.73. The molecule has 0 bridgehead atoms. The van der Waals surface area contributed by atoms with Crippen LogP contribution < -0.4 is 0 Å². The van der Waals surface area contributed by atoms with Gasteiger partial charge in [0.2, 0.25) is 0 Å². The fourth-order valence-electron chi connectivity index (χ4n) is 0.987. The van der Waals surface area contributed by atoms with E-state index in [2.05, 4.69) is 0 Å². The maximum absolute atomic E-state index is 9.31. The Kier molecular flexibility index (Phi) is 2.32. The van der Waals surface area contributed by atoms with E-state index in [-0.39, 0.29) is 0 Å². The van der Waals surface area contributed by atoms with Crippen LogP contribution in [0.3, 0.4) is 0 Å². The summed E-state index contributed by atoms with van der Waals surface area (Å²) in [5.74, 6) is 0.341. The van der Waals surface area contributed by atoms with Crippen LogP contribution in [0.15, 0.2) is 24.3 Å². The maximum Gasteiger partial charge on any atom is 0.122 e. The maximum atomic E-state index is 9.31. The second kappa shape index (κ2) is 3.24. The number of aromatic hydroxyl groups is 1. The highest BCUT2D eigenvalue weighted by molar-refractivity contribution is 5.57. The molecule has 1 rings (SSSR count). The lowest BCUT2D eigenvalue weighted by molar-refractivity contribution is 0.474. The first-order valence-electron chi connectivity index (χ1n) is 3.66. The number of aryl methyl sites for hydroxylation is 1. The van der Waals surface area contributed by atoms with E-state index in [4.69, 9.17) is 0 Å². The van der Waals surface area contributed by atoms with Gasteiger partial charge < -0.3 is 5.11 Å². The molecule has 0 aromatic heterocycles. The van der Waals surface area contributed by atoms with Gasteiger partial charge in [0, 0.05) is 5.56 Å². The quantitative estimate of drug-likeness (QED) is 0.649. The minimum absolute atomic E-state index is 0.341. The summed E-state index contributed by atoms with van der Waals surface area (Å²) in [5, 5.41) is 9.31. The third kappa shape index (κ3) is 1.84. The van der Waals surface area contributed by atoms with Gasteiger partial charge in [0.05, 0.1) is 0 Å². The molecule has 1 nitrogen and oxygen atoms in total. The van der Waals surface area contributed by atoms with E-state index < -0.39 is 0 Å². The van der Waals surface area contributed by atoms with Crippen LogP contribution in [0.2, 0.25) is 0 Å². The zero-order chi connectivity index (χ0) is 8.27. The van der Waals surface area contributed by atoms with Crippen molar-refractivity contribution in [2.75, 3.05) is 0 Å². The van der Waals surface area contributed by atoms with Crippen LogP contribution in [-0.2, 0) is 0 Å². The van der Waals surface area contributed by atoms with Gasteiger partial charge in [0.15, 0.2) is 0 Å². The van der Waals surface area contributed by atoms with Gasteiger partial charge in [0.25, 0.3) is 0 Å². The van der Waals surface area contributed by atoms with Crippen molar-refractivity contribution in [2.24, 2.45) is 0 Å². The van der Waals surface area contributed by atoms with Crippen LogP contribution in [-0.4, -0.2) is 5.11 Å². The molecular formula is C10H12O. The molecule has 0 aliphatic carbocycles. The summed E-state index contributed by atoms with van der Waals surface area (Å²) in [7, 11) is 0. The summed E-state index contributed by atoms with van der Waals surface area (Å²) in [5.41, 5.74) is 2.04. The Hall–Kier alpha value is -1.24. The molecular weight excluding hydrogens is 136 g/mol. The first kappa shape index (κ1) is 7.86. The molecule has 1 aromatic rings. The molecule has 1 heteroatoms. The van der Waals surface area contributed by atoms with Crippen LogP contribution in [0.4, 0.5) is 0 Å². The molecule has 0 atom stereocenters. The minimum atomic E-state index is 0.341. The number of hydrogen-bond donors (Lipinski definition) is 1. The molecule has 0 fully saturated rings. The van der Waals surface area contributed by atoms with Gasteiger partial charge in [0.1, 0.15) is 5.75 Å². The molecule has 1 N–H and O–H groups in total. The standard InChI is InChI=1S/C10H12O/c1-3-4-9-7-8(2)5-6-10(9)11/h3-7,11H,1-2H3/b4-3+. The Bertz CT molecular complexity index is 274. The molecule has 0 saturated carbocycles.